The number of hydrogen-bond donors (Lipinski definition) is 1. The molecule has 1 aromatic heterocycles. The van der Waals surface area contributed by atoms with Crippen molar-refractivity contribution in [1.29, 1.82) is 0 Å². The van der Waals surface area contributed by atoms with Crippen molar-refractivity contribution in [3.05, 3.63) is 69.2 Å². The van der Waals surface area contributed by atoms with E-state index >= 15 is 0 Å². The smallest absolute Gasteiger partial charge is 0.429 e. The molecule has 32 heavy (non-hydrogen) atoms. The number of ether oxygens (including phenoxy) is 1. The number of amides is 1. The second kappa shape index (κ2) is 8.54. The van der Waals surface area contributed by atoms with Crippen LogP contribution >= 0.6 is 22.9 Å². The monoisotopic (exact) mass is 502 g/mol. The summed E-state index contributed by atoms with van der Waals surface area (Å²) < 4.78 is 110. The number of anilines is 1. The lowest BCUT2D eigenvalue weighted by molar-refractivity contribution is -0.141. The molecule has 0 saturated carbocycles. The van der Waals surface area contributed by atoms with Crippen molar-refractivity contribution in [3.63, 3.8) is 0 Å². The average Bonchev–Trinajstić information content (AvgIpc) is 3.09. The molecule has 14 heteroatoms. The molecular weight excluding hydrogens is 496 g/mol. The molecule has 0 unspecified atom stereocenters. The van der Waals surface area contributed by atoms with Crippen LogP contribution in [0.25, 0.3) is 0 Å². The standard InChI is InChI=1S/C18H7ClF8N2O2S/c19-9-3-1-7(17(22,23)24)5-12(9)31-16-29-14(18(25,26)27)13(32-16)15(30)28-11-4-2-8(20)6-10(11)21/h1-6H,(H,28,30). The highest BCUT2D eigenvalue weighted by Gasteiger charge is 2.40. The van der Waals surface area contributed by atoms with Crippen molar-refractivity contribution < 1.29 is 44.7 Å². The molecule has 0 aliphatic carbocycles. The molecule has 4 nitrogen and oxygen atoms in total. The number of halogens is 9. The Balaban J connectivity index is 1.96. The normalized spacial score (nSPS) is 12.0. The highest BCUT2D eigenvalue weighted by atomic mass is 35.5. The van der Waals surface area contributed by atoms with Gasteiger partial charge in [-0.25, -0.2) is 8.78 Å². The summed E-state index contributed by atoms with van der Waals surface area (Å²) >= 11 is 5.78. The first kappa shape index (κ1) is 23.7. The predicted molar refractivity (Wildman–Crippen MR) is 98.0 cm³/mol. The number of carbonyl (C=O) groups is 1. The number of aromatic nitrogens is 1. The number of hydrogen-bond acceptors (Lipinski definition) is 4. The summed E-state index contributed by atoms with van der Waals surface area (Å²) in [5.41, 5.74) is -3.52. The molecule has 3 rings (SSSR count). The van der Waals surface area contributed by atoms with Gasteiger partial charge in [0.1, 0.15) is 22.3 Å². The highest BCUT2D eigenvalue weighted by molar-refractivity contribution is 7.15. The molecule has 0 bridgehead atoms. The molecule has 0 aliphatic heterocycles. The van der Waals surface area contributed by atoms with Crippen molar-refractivity contribution in [2.75, 3.05) is 5.32 Å². The third kappa shape index (κ3) is 5.27. The molecule has 0 aliphatic rings. The number of thiazole rings is 1. The summed E-state index contributed by atoms with van der Waals surface area (Å²) in [5, 5.41) is 0.639. The van der Waals surface area contributed by atoms with Crippen molar-refractivity contribution in [1.82, 2.24) is 4.98 Å². The van der Waals surface area contributed by atoms with Crippen molar-refractivity contribution in [2.24, 2.45) is 0 Å². The molecule has 0 atom stereocenters. The average molecular weight is 503 g/mol. The quantitative estimate of drug-likeness (QED) is 0.385. The molecule has 0 spiro atoms. The van der Waals surface area contributed by atoms with Gasteiger partial charge in [0.25, 0.3) is 11.1 Å². The van der Waals surface area contributed by atoms with Crippen LogP contribution < -0.4 is 10.1 Å². The zero-order chi connectivity index (χ0) is 23.8. The minimum atomic E-state index is -5.16. The van der Waals surface area contributed by atoms with Gasteiger partial charge in [0.15, 0.2) is 5.69 Å². The molecule has 1 N–H and O–H groups in total. The molecule has 1 amide bonds. The van der Waals surface area contributed by atoms with Gasteiger partial charge in [-0.15, -0.1) is 0 Å². The molecule has 1 heterocycles. The number of nitrogens with zero attached hydrogens (tertiary/aromatic N) is 1. The van der Waals surface area contributed by atoms with Gasteiger partial charge < -0.3 is 10.1 Å². The van der Waals surface area contributed by atoms with E-state index in [-0.39, 0.29) is 16.4 Å². The molecular formula is C18H7ClF8N2O2S. The summed E-state index contributed by atoms with van der Waals surface area (Å²) in [6, 6.07) is 3.86. The van der Waals surface area contributed by atoms with Crippen molar-refractivity contribution in [3.8, 4) is 10.9 Å². The molecule has 0 fully saturated rings. The van der Waals surface area contributed by atoms with Gasteiger partial charge in [0.05, 0.1) is 16.3 Å². The number of alkyl halides is 6. The van der Waals surface area contributed by atoms with E-state index in [1.165, 1.54) is 0 Å². The van der Waals surface area contributed by atoms with Crippen LogP contribution in [0.2, 0.25) is 5.02 Å². The Morgan fingerprint density at radius 2 is 1.69 bits per heavy atom. The first-order chi connectivity index (χ1) is 14.8. The minimum absolute atomic E-state index is 0.0378. The van der Waals surface area contributed by atoms with Crippen molar-refractivity contribution >= 4 is 34.5 Å². The third-order valence-electron chi connectivity index (χ3n) is 3.72. The molecule has 3 aromatic rings. The Morgan fingerprint density at radius 3 is 2.28 bits per heavy atom. The fourth-order valence-corrected chi connectivity index (χ4v) is 3.31. The number of benzene rings is 2. The van der Waals surface area contributed by atoms with Crippen LogP contribution in [0.5, 0.6) is 10.9 Å². The molecule has 170 valence electrons. The summed E-state index contributed by atoms with van der Waals surface area (Å²) in [7, 11) is 0. The van der Waals surface area contributed by atoms with Gasteiger partial charge in [-0.05, 0) is 30.3 Å². The summed E-state index contributed by atoms with van der Waals surface area (Å²) in [6.07, 6.45) is -9.95. The van der Waals surface area contributed by atoms with E-state index in [4.69, 9.17) is 16.3 Å². The van der Waals surface area contributed by atoms with Gasteiger partial charge >= 0.3 is 12.4 Å². The van der Waals surface area contributed by atoms with Crippen LogP contribution in [-0.4, -0.2) is 10.9 Å². The highest BCUT2D eigenvalue weighted by Crippen LogP contribution is 2.41. The third-order valence-corrected chi connectivity index (χ3v) is 4.96. The molecule has 0 saturated heterocycles. The summed E-state index contributed by atoms with van der Waals surface area (Å²) in [6.45, 7) is 0. The van der Waals surface area contributed by atoms with E-state index in [2.05, 4.69) is 4.98 Å². The van der Waals surface area contributed by atoms with Gasteiger partial charge in [0, 0.05) is 6.07 Å². The van der Waals surface area contributed by atoms with Crippen LogP contribution in [0.1, 0.15) is 20.9 Å². The second-order valence-corrected chi connectivity index (χ2v) is 7.35. The van der Waals surface area contributed by atoms with E-state index in [0.717, 1.165) is 18.2 Å². The van der Waals surface area contributed by atoms with Gasteiger partial charge in [-0.3, -0.25) is 4.79 Å². The van der Waals surface area contributed by atoms with Crippen LogP contribution in [-0.2, 0) is 12.4 Å². The fourth-order valence-electron chi connectivity index (χ4n) is 2.31. The Morgan fingerprint density at radius 1 is 1.00 bits per heavy atom. The van der Waals surface area contributed by atoms with Crippen molar-refractivity contribution in [2.45, 2.75) is 12.4 Å². The summed E-state index contributed by atoms with van der Waals surface area (Å²) in [4.78, 5) is 14.4. The van der Waals surface area contributed by atoms with E-state index in [0.29, 0.717) is 18.2 Å². The zero-order valence-electron chi connectivity index (χ0n) is 15.0. The van der Waals surface area contributed by atoms with Crippen LogP contribution in [0.4, 0.5) is 40.8 Å². The van der Waals surface area contributed by atoms with Gasteiger partial charge in [-0.1, -0.05) is 22.9 Å². The first-order valence-electron chi connectivity index (χ1n) is 8.14. The largest absolute Gasteiger partial charge is 0.435 e. The van der Waals surface area contributed by atoms with E-state index in [1.807, 2.05) is 5.32 Å². The Labute approximate surface area is 182 Å². The van der Waals surface area contributed by atoms with E-state index in [9.17, 15) is 39.9 Å². The van der Waals surface area contributed by atoms with E-state index < -0.39 is 62.7 Å². The maximum atomic E-state index is 13.7. The number of nitrogens with one attached hydrogen (secondary N) is 1. The Kier molecular flexibility index (Phi) is 6.33. The van der Waals surface area contributed by atoms with Crippen LogP contribution in [0.15, 0.2) is 36.4 Å². The molecule has 2 aromatic carbocycles. The first-order valence-corrected chi connectivity index (χ1v) is 9.34. The van der Waals surface area contributed by atoms with Crippen LogP contribution in [0, 0.1) is 11.6 Å². The maximum Gasteiger partial charge on any atom is 0.435 e. The second-order valence-electron chi connectivity index (χ2n) is 5.98. The van der Waals surface area contributed by atoms with E-state index in [1.54, 1.807) is 0 Å². The lowest BCUT2D eigenvalue weighted by atomic mass is 10.2. The van der Waals surface area contributed by atoms with Crippen LogP contribution in [0.3, 0.4) is 0 Å². The predicted octanol–water partition coefficient (Wildman–Crippen LogP) is 7.16. The molecule has 0 radical (unpaired) electrons. The number of carbonyl (C=O) groups excluding carboxylic acids is 1. The summed E-state index contributed by atoms with van der Waals surface area (Å²) in [5.74, 6) is -4.34. The minimum Gasteiger partial charge on any atom is -0.429 e. The Hall–Kier alpha value is -2.93. The van der Waals surface area contributed by atoms with Gasteiger partial charge in [0.2, 0.25) is 0 Å². The zero-order valence-corrected chi connectivity index (χ0v) is 16.6. The lowest BCUT2D eigenvalue weighted by Gasteiger charge is -2.10. The topological polar surface area (TPSA) is 51.2 Å². The SMILES string of the molecule is O=C(Nc1ccc(F)cc1F)c1sc(Oc2cc(C(F)(F)F)ccc2Cl)nc1C(F)(F)F. The maximum absolute atomic E-state index is 13.7. The Bertz CT molecular complexity index is 1180. The lowest BCUT2D eigenvalue weighted by Crippen LogP contribution is -2.17. The fraction of sp³-hybridized carbons (Fsp3) is 0.111. The number of rotatable bonds is 4. The van der Waals surface area contributed by atoms with Gasteiger partial charge in [-0.2, -0.15) is 31.3 Å².